The topological polar surface area (TPSA) is 42.1 Å². The molecule has 2 rings (SSSR count). The zero-order valence-corrected chi connectivity index (χ0v) is 9.48. The molecule has 0 bridgehead atoms. The molecular weight excluding hydrogens is 186 g/mol. The average molecular weight is 205 g/mol. The fourth-order valence-corrected chi connectivity index (χ4v) is 2.37. The summed E-state index contributed by atoms with van der Waals surface area (Å²) in [4.78, 5) is 6.61. The first-order valence-corrected chi connectivity index (χ1v) is 5.66. The number of aromatic nitrogens is 1. The van der Waals surface area contributed by atoms with Gasteiger partial charge >= 0.3 is 0 Å². The van der Waals surface area contributed by atoms with E-state index < -0.39 is 0 Å². The zero-order chi connectivity index (χ0) is 10.8. The van der Waals surface area contributed by atoms with Crippen molar-refractivity contribution < 1.29 is 0 Å². The molecule has 0 aliphatic carbocycles. The summed E-state index contributed by atoms with van der Waals surface area (Å²) in [6.07, 6.45) is 4.46. The summed E-state index contributed by atoms with van der Waals surface area (Å²) in [7, 11) is 0. The Bertz CT molecular complexity index is 318. The van der Waals surface area contributed by atoms with Gasteiger partial charge in [-0.25, -0.2) is 4.98 Å². The molecule has 3 heteroatoms. The lowest BCUT2D eigenvalue weighted by molar-refractivity contribution is 0.491. The van der Waals surface area contributed by atoms with Crippen molar-refractivity contribution in [3.8, 4) is 0 Å². The van der Waals surface area contributed by atoms with Gasteiger partial charge in [0, 0.05) is 12.6 Å². The molecule has 0 spiro atoms. The summed E-state index contributed by atoms with van der Waals surface area (Å²) in [5.74, 6) is 1.30. The molecule has 82 valence electrons. The van der Waals surface area contributed by atoms with Crippen LogP contribution in [0.4, 0.5) is 11.5 Å². The Hall–Kier alpha value is -1.25. The molecule has 2 N–H and O–H groups in total. The van der Waals surface area contributed by atoms with Crippen molar-refractivity contribution >= 4 is 11.5 Å². The Morgan fingerprint density at radius 2 is 2.27 bits per heavy atom. The standard InChI is InChI=1S/C12H19N3/c1-9(2)11-4-3-7-15(11)10-5-6-12(13)14-8-10/h5-6,8-9,11H,3-4,7H2,1-2H3,(H2,13,14). The number of hydrogen-bond acceptors (Lipinski definition) is 3. The molecule has 0 radical (unpaired) electrons. The van der Waals surface area contributed by atoms with Gasteiger partial charge in [0.1, 0.15) is 5.82 Å². The lowest BCUT2D eigenvalue weighted by Gasteiger charge is -2.29. The molecule has 1 aromatic heterocycles. The fraction of sp³-hybridized carbons (Fsp3) is 0.583. The predicted octanol–water partition coefficient (Wildman–Crippen LogP) is 2.29. The number of anilines is 2. The summed E-state index contributed by atoms with van der Waals surface area (Å²) >= 11 is 0. The highest BCUT2D eigenvalue weighted by Gasteiger charge is 2.27. The first-order chi connectivity index (χ1) is 7.18. The lowest BCUT2D eigenvalue weighted by Crippen LogP contribution is -2.33. The van der Waals surface area contributed by atoms with Crippen molar-refractivity contribution in [2.24, 2.45) is 5.92 Å². The van der Waals surface area contributed by atoms with Gasteiger partial charge < -0.3 is 10.6 Å². The quantitative estimate of drug-likeness (QED) is 0.805. The average Bonchev–Trinajstić information content (AvgIpc) is 2.67. The van der Waals surface area contributed by atoms with Crippen LogP contribution in [0.25, 0.3) is 0 Å². The van der Waals surface area contributed by atoms with Gasteiger partial charge in [-0.2, -0.15) is 0 Å². The molecule has 1 aliphatic rings. The molecule has 1 saturated heterocycles. The molecule has 1 aliphatic heterocycles. The molecule has 1 unspecified atom stereocenters. The minimum atomic E-state index is 0.596. The van der Waals surface area contributed by atoms with Crippen molar-refractivity contribution in [3.05, 3.63) is 18.3 Å². The summed E-state index contributed by atoms with van der Waals surface area (Å²) in [5, 5.41) is 0. The molecule has 0 amide bonds. The van der Waals surface area contributed by atoms with Crippen LogP contribution in [-0.2, 0) is 0 Å². The normalized spacial score (nSPS) is 21.3. The third kappa shape index (κ3) is 2.06. The van der Waals surface area contributed by atoms with Gasteiger partial charge in [-0.05, 0) is 30.9 Å². The summed E-state index contributed by atoms with van der Waals surface area (Å²) < 4.78 is 0. The molecule has 15 heavy (non-hydrogen) atoms. The number of nitrogens with two attached hydrogens (primary N) is 1. The molecule has 0 saturated carbocycles. The van der Waals surface area contributed by atoms with E-state index in [1.165, 1.54) is 18.5 Å². The summed E-state index contributed by atoms with van der Waals surface area (Å²) in [6.45, 7) is 5.72. The highest BCUT2D eigenvalue weighted by atomic mass is 15.2. The third-order valence-corrected chi connectivity index (χ3v) is 3.17. The molecule has 1 fully saturated rings. The Morgan fingerprint density at radius 3 is 2.87 bits per heavy atom. The lowest BCUT2D eigenvalue weighted by atomic mass is 10.0. The maximum Gasteiger partial charge on any atom is 0.123 e. The van der Waals surface area contributed by atoms with Crippen LogP contribution < -0.4 is 10.6 Å². The van der Waals surface area contributed by atoms with Gasteiger partial charge in [0.05, 0.1) is 11.9 Å². The van der Waals surface area contributed by atoms with Crippen LogP contribution in [0.1, 0.15) is 26.7 Å². The van der Waals surface area contributed by atoms with E-state index in [1.54, 1.807) is 0 Å². The second-order valence-corrected chi connectivity index (χ2v) is 4.59. The van der Waals surface area contributed by atoms with Crippen molar-refractivity contribution in [1.29, 1.82) is 0 Å². The smallest absolute Gasteiger partial charge is 0.123 e. The van der Waals surface area contributed by atoms with Crippen LogP contribution in [0, 0.1) is 5.92 Å². The van der Waals surface area contributed by atoms with E-state index in [0.29, 0.717) is 17.8 Å². The summed E-state index contributed by atoms with van der Waals surface area (Å²) in [6, 6.07) is 4.61. The number of nitrogen functional groups attached to an aromatic ring is 1. The number of hydrogen-bond donors (Lipinski definition) is 1. The van der Waals surface area contributed by atoms with E-state index in [4.69, 9.17) is 5.73 Å². The van der Waals surface area contributed by atoms with Crippen LogP contribution in [-0.4, -0.2) is 17.6 Å². The molecule has 1 atom stereocenters. The Labute approximate surface area is 91.3 Å². The highest BCUT2D eigenvalue weighted by molar-refractivity contribution is 5.49. The molecular formula is C12H19N3. The fourth-order valence-electron chi connectivity index (χ4n) is 2.37. The summed E-state index contributed by atoms with van der Waals surface area (Å²) in [5.41, 5.74) is 6.80. The van der Waals surface area contributed by atoms with E-state index in [9.17, 15) is 0 Å². The Balaban J connectivity index is 2.19. The van der Waals surface area contributed by atoms with Crippen molar-refractivity contribution in [2.75, 3.05) is 17.2 Å². The number of pyridine rings is 1. The van der Waals surface area contributed by atoms with E-state index in [2.05, 4.69) is 29.8 Å². The monoisotopic (exact) mass is 205 g/mol. The minimum absolute atomic E-state index is 0.596. The molecule has 2 heterocycles. The minimum Gasteiger partial charge on any atom is -0.384 e. The number of rotatable bonds is 2. The van der Waals surface area contributed by atoms with Crippen LogP contribution in [0.5, 0.6) is 0 Å². The molecule has 3 nitrogen and oxygen atoms in total. The molecule has 1 aromatic rings. The first kappa shape index (κ1) is 10.3. The third-order valence-electron chi connectivity index (χ3n) is 3.17. The predicted molar refractivity (Wildman–Crippen MR) is 63.9 cm³/mol. The van der Waals surface area contributed by atoms with Gasteiger partial charge in [-0.1, -0.05) is 13.8 Å². The Kier molecular flexibility index (Phi) is 2.80. The Morgan fingerprint density at radius 1 is 1.47 bits per heavy atom. The van der Waals surface area contributed by atoms with Crippen molar-refractivity contribution in [1.82, 2.24) is 4.98 Å². The van der Waals surface area contributed by atoms with Gasteiger partial charge in [0.25, 0.3) is 0 Å². The van der Waals surface area contributed by atoms with Crippen molar-refractivity contribution in [3.63, 3.8) is 0 Å². The van der Waals surface area contributed by atoms with E-state index in [1.807, 2.05) is 12.3 Å². The van der Waals surface area contributed by atoms with E-state index in [-0.39, 0.29) is 0 Å². The van der Waals surface area contributed by atoms with E-state index in [0.717, 1.165) is 6.54 Å². The first-order valence-electron chi connectivity index (χ1n) is 5.66. The second kappa shape index (κ2) is 4.09. The largest absolute Gasteiger partial charge is 0.384 e. The van der Waals surface area contributed by atoms with Crippen LogP contribution >= 0.6 is 0 Å². The maximum absolute atomic E-state index is 5.59. The highest BCUT2D eigenvalue weighted by Crippen LogP contribution is 2.29. The van der Waals surface area contributed by atoms with Crippen molar-refractivity contribution in [2.45, 2.75) is 32.7 Å². The van der Waals surface area contributed by atoms with Gasteiger partial charge in [0.15, 0.2) is 0 Å². The van der Waals surface area contributed by atoms with Crippen LogP contribution in [0.3, 0.4) is 0 Å². The molecule has 0 aromatic carbocycles. The maximum atomic E-state index is 5.59. The SMILES string of the molecule is CC(C)C1CCCN1c1ccc(N)nc1. The van der Waals surface area contributed by atoms with Crippen LogP contribution in [0.15, 0.2) is 18.3 Å². The second-order valence-electron chi connectivity index (χ2n) is 4.59. The van der Waals surface area contributed by atoms with Crippen LogP contribution in [0.2, 0.25) is 0 Å². The zero-order valence-electron chi connectivity index (χ0n) is 9.48. The van der Waals surface area contributed by atoms with Gasteiger partial charge in [-0.15, -0.1) is 0 Å². The van der Waals surface area contributed by atoms with Gasteiger partial charge in [-0.3, -0.25) is 0 Å². The number of nitrogens with zero attached hydrogens (tertiary/aromatic N) is 2. The van der Waals surface area contributed by atoms with Gasteiger partial charge in [0.2, 0.25) is 0 Å². The van der Waals surface area contributed by atoms with E-state index >= 15 is 0 Å².